The van der Waals surface area contributed by atoms with Gasteiger partial charge >= 0.3 is 0 Å². The molecule has 0 saturated heterocycles. The Morgan fingerprint density at radius 3 is 2.67 bits per heavy atom. The third-order valence-electron chi connectivity index (χ3n) is 4.66. The van der Waals surface area contributed by atoms with Crippen LogP contribution in [0.4, 0.5) is 0 Å². The van der Waals surface area contributed by atoms with Gasteiger partial charge in [0, 0.05) is 18.2 Å². The molecule has 0 aromatic heterocycles. The SMILES string of the molecule is COc1cccc(C(=O)N2Cc3cc4c(cc3CC2C)OCO4)c1. The Kier molecular flexibility index (Phi) is 3.56. The van der Waals surface area contributed by atoms with Gasteiger partial charge in [-0.15, -0.1) is 0 Å². The third-order valence-corrected chi connectivity index (χ3v) is 4.66. The molecule has 2 aliphatic heterocycles. The Labute approximate surface area is 140 Å². The second kappa shape index (κ2) is 5.74. The molecule has 0 saturated carbocycles. The van der Waals surface area contributed by atoms with Gasteiger partial charge < -0.3 is 19.1 Å². The van der Waals surface area contributed by atoms with Crippen LogP contribution >= 0.6 is 0 Å². The Morgan fingerprint density at radius 1 is 1.17 bits per heavy atom. The third kappa shape index (κ3) is 2.46. The number of nitrogens with zero attached hydrogens (tertiary/aromatic N) is 1. The number of hydrogen-bond donors (Lipinski definition) is 0. The van der Waals surface area contributed by atoms with E-state index in [1.54, 1.807) is 13.2 Å². The minimum Gasteiger partial charge on any atom is -0.497 e. The van der Waals surface area contributed by atoms with Crippen LogP contribution in [-0.4, -0.2) is 30.8 Å². The van der Waals surface area contributed by atoms with Crippen LogP contribution in [0.2, 0.25) is 0 Å². The molecule has 2 aromatic rings. The van der Waals surface area contributed by atoms with Gasteiger partial charge in [0.2, 0.25) is 6.79 Å². The smallest absolute Gasteiger partial charge is 0.254 e. The van der Waals surface area contributed by atoms with Gasteiger partial charge in [-0.3, -0.25) is 4.79 Å². The standard InChI is InChI=1S/C19H19NO4/c1-12-6-14-8-17-18(24-11-23-17)9-15(14)10-20(12)19(21)13-4-3-5-16(7-13)22-2/h3-5,7-9,12H,6,10-11H2,1-2H3. The molecule has 2 aromatic carbocycles. The molecule has 5 nitrogen and oxygen atoms in total. The van der Waals surface area contributed by atoms with Crippen molar-refractivity contribution in [1.29, 1.82) is 0 Å². The van der Waals surface area contributed by atoms with Crippen molar-refractivity contribution in [1.82, 2.24) is 4.90 Å². The predicted octanol–water partition coefficient (Wildman–Crippen LogP) is 3.01. The van der Waals surface area contributed by atoms with Gasteiger partial charge in [-0.05, 0) is 54.8 Å². The Morgan fingerprint density at radius 2 is 1.92 bits per heavy atom. The first-order chi connectivity index (χ1) is 11.7. The fraction of sp³-hybridized carbons (Fsp3) is 0.316. The second-order valence-corrected chi connectivity index (χ2v) is 6.19. The summed E-state index contributed by atoms with van der Waals surface area (Å²) in [5, 5.41) is 0. The molecule has 2 aliphatic rings. The monoisotopic (exact) mass is 325 g/mol. The summed E-state index contributed by atoms with van der Waals surface area (Å²) in [6.07, 6.45) is 0.807. The van der Waals surface area contributed by atoms with Crippen LogP contribution in [0.3, 0.4) is 0 Å². The van der Waals surface area contributed by atoms with Gasteiger partial charge in [-0.2, -0.15) is 0 Å². The number of hydrogen-bond acceptors (Lipinski definition) is 4. The highest BCUT2D eigenvalue weighted by Crippen LogP contribution is 2.38. The molecule has 0 radical (unpaired) electrons. The molecule has 0 N–H and O–H groups in total. The first-order valence-electron chi connectivity index (χ1n) is 8.02. The van der Waals surface area contributed by atoms with Gasteiger partial charge in [-0.1, -0.05) is 6.07 Å². The first kappa shape index (κ1) is 14.9. The number of benzene rings is 2. The highest BCUT2D eigenvalue weighted by molar-refractivity contribution is 5.95. The molecule has 1 amide bonds. The molecule has 2 heterocycles. The van der Waals surface area contributed by atoms with Gasteiger partial charge in [0.1, 0.15) is 5.75 Å². The van der Waals surface area contributed by atoms with Crippen molar-refractivity contribution < 1.29 is 19.0 Å². The molecule has 24 heavy (non-hydrogen) atoms. The number of carbonyl (C=O) groups is 1. The zero-order valence-electron chi connectivity index (χ0n) is 13.7. The van der Waals surface area contributed by atoms with Gasteiger partial charge in [0.15, 0.2) is 11.5 Å². The second-order valence-electron chi connectivity index (χ2n) is 6.19. The molecular weight excluding hydrogens is 306 g/mol. The molecule has 1 atom stereocenters. The zero-order valence-corrected chi connectivity index (χ0v) is 13.7. The Bertz CT molecular complexity index is 802. The molecule has 5 heteroatoms. The van der Waals surface area contributed by atoms with Crippen LogP contribution in [-0.2, 0) is 13.0 Å². The van der Waals surface area contributed by atoms with Gasteiger partial charge in [-0.25, -0.2) is 0 Å². The number of fused-ring (bicyclic) bond motifs is 2. The molecule has 1 unspecified atom stereocenters. The van der Waals surface area contributed by atoms with Gasteiger partial charge in [0.05, 0.1) is 7.11 Å². The van der Waals surface area contributed by atoms with Crippen LogP contribution < -0.4 is 14.2 Å². The number of carbonyl (C=O) groups excluding carboxylic acids is 1. The number of ether oxygens (including phenoxy) is 3. The van der Waals surface area contributed by atoms with Crippen molar-refractivity contribution in [3.8, 4) is 17.2 Å². The number of rotatable bonds is 2. The average Bonchev–Trinajstić information content (AvgIpc) is 3.06. The van der Waals surface area contributed by atoms with Crippen LogP contribution in [0.5, 0.6) is 17.2 Å². The van der Waals surface area contributed by atoms with Crippen molar-refractivity contribution in [3.63, 3.8) is 0 Å². The zero-order chi connectivity index (χ0) is 16.7. The van der Waals surface area contributed by atoms with E-state index in [4.69, 9.17) is 14.2 Å². The Balaban J connectivity index is 1.63. The maximum absolute atomic E-state index is 12.9. The lowest BCUT2D eigenvalue weighted by atomic mass is 9.93. The predicted molar refractivity (Wildman–Crippen MR) is 88.6 cm³/mol. The summed E-state index contributed by atoms with van der Waals surface area (Å²) in [4.78, 5) is 14.8. The van der Waals surface area contributed by atoms with E-state index >= 15 is 0 Å². The molecule has 0 bridgehead atoms. The largest absolute Gasteiger partial charge is 0.497 e. The van der Waals surface area contributed by atoms with E-state index in [9.17, 15) is 4.79 Å². The number of amides is 1. The van der Waals surface area contributed by atoms with Crippen LogP contribution in [0.25, 0.3) is 0 Å². The summed E-state index contributed by atoms with van der Waals surface area (Å²) in [6.45, 7) is 2.91. The Hall–Kier alpha value is -2.69. The maximum atomic E-state index is 12.9. The summed E-state index contributed by atoms with van der Waals surface area (Å²) in [6, 6.07) is 11.4. The van der Waals surface area contributed by atoms with Crippen molar-refractivity contribution in [2.45, 2.75) is 25.9 Å². The molecule has 0 aliphatic carbocycles. The molecular formula is C19H19NO4. The van der Waals surface area contributed by atoms with Crippen molar-refractivity contribution in [3.05, 3.63) is 53.1 Å². The van der Waals surface area contributed by atoms with Crippen molar-refractivity contribution in [2.24, 2.45) is 0 Å². The van der Waals surface area contributed by atoms with Crippen LogP contribution in [0.15, 0.2) is 36.4 Å². The minimum absolute atomic E-state index is 0.0183. The molecule has 0 fully saturated rings. The molecule has 0 spiro atoms. The average molecular weight is 325 g/mol. The quantitative estimate of drug-likeness (QED) is 0.851. The summed E-state index contributed by atoms with van der Waals surface area (Å²) in [7, 11) is 1.60. The topological polar surface area (TPSA) is 48.0 Å². The van der Waals surface area contributed by atoms with E-state index in [2.05, 4.69) is 6.92 Å². The van der Waals surface area contributed by atoms with E-state index in [0.29, 0.717) is 17.9 Å². The fourth-order valence-electron chi connectivity index (χ4n) is 3.33. The lowest BCUT2D eigenvalue weighted by Gasteiger charge is -2.35. The van der Waals surface area contributed by atoms with Crippen LogP contribution in [0, 0.1) is 0 Å². The highest BCUT2D eigenvalue weighted by atomic mass is 16.7. The maximum Gasteiger partial charge on any atom is 0.254 e. The minimum atomic E-state index is 0.0183. The number of methoxy groups -OCH3 is 1. The van der Waals surface area contributed by atoms with Crippen molar-refractivity contribution >= 4 is 5.91 Å². The van der Waals surface area contributed by atoms with E-state index < -0.39 is 0 Å². The lowest BCUT2D eigenvalue weighted by Crippen LogP contribution is -2.42. The van der Waals surface area contributed by atoms with Gasteiger partial charge in [0.25, 0.3) is 5.91 Å². The summed E-state index contributed by atoms with van der Waals surface area (Å²) in [5.41, 5.74) is 2.99. The molecule has 124 valence electrons. The van der Waals surface area contributed by atoms with E-state index in [1.165, 1.54) is 5.56 Å². The highest BCUT2D eigenvalue weighted by Gasteiger charge is 2.30. The van der Waals surface area contributed by atoms with E-state index in [-0.39, 0.29) is 18.7 Å². The first-order valence-corrected chi connectivity index (χ1v) is 8.02. The summed E-state index contributed by atoms with van der Waals surface area (Å²) < 4.78 is 16.1. The van der Waals surface area contributed by atoms with Crippen LogP contribution in [0.1, 0.15) is 28.4 Å². The van der Waals surface area contributed by atoms with Crippen molar-refractivity contribution in [2.75, 3.05) is 13.9 Å². The van der Waals surface area contributed by atoms with E-state index in [1.807, 2.05) is 35.2 Å². The molecule has 4 rings (SSSR count). The summed E-state index contributed by atoms with van der Waals surface area (Å²) >= 11 is 0. The normalized spacial score (nSPS) is 18.2. The van der Waals surface area contributed by atoms with E-state index in [0.717, 1.165) is 23.5 Å². The summed E-state index contributed by atoms with van der Waals surface area (Å²) in [5.74, 6) is 2.27. The lowest BCUT2D eigenvalue weighted by molar-refractivity contribution is 0.0657. The fourth-order valence-corrected chi connectivity index (χ4v) is 3.33.